The fourth-order valence-corrected chi connectivity index (χ4v) is 1.77. The molecule has 7 heteroatoms. The molecule has 1 atom stereocenters. The van der Waals surface area contributed by atoms with Gasteiger partial charge in [0.2, 0.25) is 17.2 Å². The average molecular weight is 288 g/mol. The van der Waals surface area contributed by atoms with Crippen molar-refractivity contribution in [3.8, 4) is 0 Å². The van der Waals surface area contributed by atoms with Crippen LogP contribution in [0.3, 0.4) is 0 Å². The quantitative estimate of drug-likeness (QED) is 0.680. The molecule has 0 spiro atoms. The van der Waals surface area contributed by atoms with Crippen LogP contribution >= 0.6 is 11.6 Å². The SMILES string of the molecule is CCCNc1nc(Cl)nc(NC(CCO)C(C)C)n1. The lowest BCUT2D eigenvalue weighted by Gasteiger charge is -2.21. The van der Waals surface area contributed by atoms with Gasteiger partial charge >= 0.3 is 0 Å². The normalized spacial score (nSPS) is 12.5. The molecule has 0 fully saturated rings. The first-order valence-corrected chi connectivity index (χ1v) is 6.97. The van der Waals surface area contributed by atoms with E-state index in [1.807, 2.05) is 0 Å². The minimum Gasteiger partial charge on any atom is -0.396 e. The number of aromatic nitrogens is 3. The van der Waals surface area contributed by atoms with Crippen LogP contribution in [0.15, 0.2) is 0 Å². The van der Waals surface area contributed by atoms with Crippen LogP contribution in [0.2, 0.25) is 5.28 Å². The van der Waals surface area contributed by atoms with Crippen molar-refractivity contribution in [1.82, 2.24) is 15.0 Å². The number of rotatable bonds is 8. The lowest BCUT2D eigenvalue weighted by molar-refractivity contribution is 0.267. The van der Waals surface area contributed by atoms with Crippen LogP contribution < -0.4 is 10.6 Å². The number of hydrogen-bond donors (Lipinski definition) is 3. The van der Waals surface area contributed by atoms with Gasteiger partial charge in [-0.25, -0.2) is 0 Å². The molecule has 0 saturated carbocycles. The summed E-state index contributed by atoms with van der Waals surface area (Å²) in [6.45, 7) is 7.11. The van der Waals surface area contributed by atoms with Gasteiger partial charge in [-0.15, -0.1) is 0 Å². The van der Waals surface area contributed by atoms with Gasteiger partial charge in [0, 0.05) is 19.2 Å². The van der Waals surface area contributed by atoms with E-state index in [9.17, 15) is 0 Å². The predicted molar refractivity (Wildman–Crippen MR) is 77.6 cm³/mol. The smallest absolute Gasteiger partial charge is 0.229 e. The second-order valence-electron chi connectivity index (χ2n) is 4.69. The predicted octanol–water partition coefficient (Wildman–Crippen LogP) is 2.17. The van der Waals surface area contributed by atoms with E-state index in [0.717, 1.165) is 13.0 Å². The van der Waals surface area contributed by atoms with Gasteiger partial charge in [-0.05, 0) is 30.4 Å². The van der Waals surface area contributed by atoms with Gasteiger partial charge < -0.3 is 15.7 Å². The Kier molecular flexibility index (Phi) is 6.80. The molecule has 1 aromatic rings. The van der Waals surface area contributed by atoms with Crippen molar-refractivity contribution < 1.29 is 5.11 Å². The number of anilines is 2. The van der Waals surface area contributed by atoms with Crippen molar-refractivity contribution in [2.24, 2.45) is 5.92 Å². The van der Waals surface area contributed by atoms with Gasteiger partial charge in [0.15, 0.2) is 0 Å². The molecular formula is C12H22ClN5O. The first kappa shape index (κ1) is 15.9. The first-order valence-electron chi connectivity index (χ1n) is 6.59. The fourth-order valence-electron chi connectivity index (χ4n) is 1.61. The Bertz CT molecular complexity index is 388. The Morgan fingerprint density at radius 2 is 1.89 bits per heavy atom. The minimum absolute atomic E-state index is 0.0995. The van der Waals surface area contributed by atoms with Crippen LogP contribution in [-0.2, 0) is 0 Å². The van der Waals surface area contributed by atoms with Crippen molar-refractivity contribution in [2.45, 2.75) is 39.7 Å². The van der Waals surface area contributed by atoms with Crippen molar-refractivity contribution in [3.63, 3.8) is 0 Å². The van der Waals surface area contributed by atoms with E-state index in [1.54, 1.807) is 0 Å². The third-order valence-electron chi connectivity index (χ3n) is 2.70. The lowest BCUT2D eigenvalue weighted by atomic mass is 10.0. The molecule has 0 bridgehead atoms. The maximum Gasteiger partial charge on any atom is 0.229 e. The molecule has 1 heterocycles. The summed E-state index contributed by atoms with van der Waals surface area (Å²) in [5, 5.41) is 15.5. The summed E-state index contributed by atoms with van der Waals surface area (Å²) >= 11 is 5.88. The van der Waals surface area contributed by atoms with Gasteiger partial charge in [-0.1, -0.05) is 20.8 Å². The first-order chi connectivity index (χ1) is 9.06. The van der Waals surface area contributed by atoms with Crippen molar-refractivity contribution in [3.05, 3.63) is 5.28 Å². The highest BCUT2D eigenvalue weighted by Crippen LogP contribution is 2.15. The largest absolute Gasteiger partial charge is 0.396 e. The van der Waals surface area contributed by atoms with Crippen LogP contribution in [0.1, 0.15) is 33.6 Å². The zero-order valence-electron chi connectivity index (χ0n) is 11.6. The molecule has 0 aromatic carbocycles. The van der Waals surface area contributed by atoms with Crippen molar-refractivity contribution >= 4 is 23.5 Å². The Labute approximate surface area is 119 Å². The van der Waals surface area contributed by atoms with E-state index < -0.39 is 0 Å². The van der Waals surface area contributed by atoms with E-state index in [0.29, 0.717) is 24.2 Å². The van der Waals surface area contributed by atoms with Gasteiger partial charge in [0.25, 0.3) is 0 Å². The molecule has 1 rings (SSSR count). The van der Waals surface area contributed by atoms with Gasteiger partial charge in [0.05, 0.1) is 0 Å². The minimum atomic E-state index is 0.0995. The number of halogens is 1. The molecule has 0 aliphatic heterocycles. The maximum absolute atomic E-state index is 9.06. The van der Waals surface area contributed by atoms with E-state index in [2.05, 4.69) is 46.4 Å². The monoisotopic (exact) mass is 287 g/mol. The number of aliphatic hydroxyl groups excluding tert-OH is 1. The zero-order valence-corrected chi connectivity index (χ0v) is 12.4. The summed E-state index contributed by atoms with van der Waals surface area (Å²) in [5.41, 5.74) is 0. The summed E-state index contributed by atoms with van der Waals surface area (Å²) in [4.78, 5) is 12.3. The molecular weight excluding hydrogens is 266 g/mol. The second kappa shape index (κ2) is 8.12. The maximum atomic E-state index is 9.06. The fraction of sp³-hybridized carbons (Fsp3) is 0.750. The molecule has 0 aliphatic carbocycles. The van der Waals surface area contributed by atoms with E-state index >= 15 is 0 Å². The molecule has 0 aliphatic rings. The molecule has 6 nitrogen and oxygen atoms in total. The highest BCUT2D eigenvalue weighted by Gasteiger charge is 2.15. The van der Waals surface area contributed by atoms with Crippen molar-refractivity contribution in [1.29, 1.82) is 0 Å². The number of nitrogens with zero attached hydrogens (tertiary/aromatic N) is 3. The van der Waals surface area contributed by atoms with Crippen LogP contribution in [0.25, 0.3) is 0 Å². The van der Waals surface area contributed by atoms with Crippen molar-refractivity contribution in [2.75, 3.05) is 23.8 Å². The molecule has 3 N–H and O–H groups in total. The van der Waals surface area contributed by atoms with Gasteiger partial charge in [0.1, 0.15) is 0 Å². The summed E-state index contributed by atoms with van der Waals surface area (Å²) in [7, 11) is 0. The molecule has 1 unspecified atom stereocenters. The molecule has 1 aromatic heterocycles. The Morgan fingerprint density at radius 1 is 1.21 bits per heavy atom. The van der Waals surface area contributed by atoms with Crippen LogP contribution in [0.4, 0.5) is 11.9 Å². The Morgan fingerprint density at radius 3 is 2.47 bits per heavy atom. The third kappa shape index (κ3) is 5.57. The zero-order chi connectivity index (χ0) is 14.3. The van der Waals surface area contributed by atoms with Gasteiger partial charge in [-0.3, -0.25) is 0 Å². The van der Waals surface area contributed by atoms with E-state index in [-0.39, 0.29) is 17.9 Å². The molecule has 0 amide bonds. The summed E-state index contributed by atoms with van der Waals surface area (Å²) in [6.07, 6.45) is 1.61. The highest BCUT2D eigenvalue weighted by atomic mass is 35.5. The lowest BCUT2D eigenvalue weighted by Crippen LogP contribution is -2.28. The summed E-state index contributed by atoms with van der Waals surface area (Å²) < 4.78 is 0. The van der Waals surface area contributed by atoms with E-state index in [1.165, 1.54) is 0 Å². The summed E-state index contributed by atoms with van der Waals surface area (Å²) in [6, 6.07) is 0.0995. The summed E-state index contributed by atoms with van der Waals surface area (Å²) in [5.74, 6) is 1.26. The highest BCUT2D eigenvalue weighted by molar-refractivity contribution is 6.28. The second-order valence-corrected chi connectivity index (χ2v) is 5.02. The molecule has 0 saturated heterocycles. The van der Waals surface area contributed by atoms with Crippen LogP contribution in [-0.4, -0.2) is 39.3 Å². The molecule has 0 radical (unpaired) electrons. The Balaban J connectivity index is 2.78. The van der Waals surface area contributed by atoms with Gasteiger partial charge in [-0.2, -0.15) is 15.0 Å². The third-order valence-corrected chi connectivity index (χ3v) is 2.87. The average Bonchev–Trinajstić information content (AvgIpc) is 2.35. The van der Waals surface area contributed by atoms with Crippen LogP contribution in [0, 0.1) is 5.92 Å². The Hall–Kier alpha value is -1.14. The van der Waals surface area contributed by atoms with Crippen LogP contribution in [0.5, 0.6) is 0 Å². The number of hydrogen-bond acceptors (Lipinski definition) is 6. The number of aliphatic hydroxyl groups is 1. The van der Waals surface area contributed by atoms with E-state index in [4.69, 9.17) is 16.7 Å². The molecule has 19 heavy (non-hydrogen) atoms. The topological polar surface area (TPSA) is 83.0 Å². The number of nitrogens with one attached hydrogen (secondary N) is 2. The molecule has 108 valence electrons. The standard InChI is InChI=1S/C12H22ClN5O/c1-4-6-14-11-16-10(13)17-12(18-11)15-9(5-7-19)8(2)3/h8-9,19H,4-7H2,1-3H3,(H2,14,15,16,17,18).